The number of ketones is 1. The summed E-state index contributed by atoms with van der Waals surface area (Å²) in [4.78, 5) is 27.6. The highest BCUT2D eigenvalue weighted by molar-refractivity contribution is 9.10. The first kappa shape index (κ1) is 33.0. The quantitative estimate of drug-likeness (QED) is 0.204. The molecule has 0 aliphatic heterocycles. The largest absolute Gasteiger partial charge is 0.357 e. The topological polar surface area (TPSA) is 93.7 Å². The Kier molecular flexibility index (Phi) is 10.2. The first-order chi connectivity index (χ1) is 19.8. The number of rotatable bonds is 9. The summed E-state index contributed by atoms with van der Waals surface area (Å²) in [7, 11) is -3.72. The van der Waals surface area contributed by atoms with Crippen LogP contribution in [0.4, 0.5) is 0 Å². The maximum Gasteiger partial charge on any atom is 0.357 e. The van der Waals surface area contributed by atoms with E-state index in [1.807, 2.05) is 31.2 Å². The van der Waals surface area contributed by atoms with Crippen molar-refractivity contribution >= 4 is 52.5 Å². The monoisotopic (exact) mass is 676 g/mol. The number of fused-ring (bicyclic) bond motifs is 3. The first-order valence-electron chi connectivity index (χ1n) is 14.7. The van der Waals surface area contributed by atoms with Crippen LogP contribution in [-0.4, -0.2) is 30.0 Å². The zero-order valence-corrected chi connectivity index (χ0v) is 28.6. The van der Waals surface area contributed by atoms with Gasteiger partial charge in [0.1, 0.15) is 0 Å². The Morgan fingerprint density at radius 3 is 2.40 bits per heavy atom. The molecule has 228 valence electrons. The van der Waals surface area contributed by atoms with Crippen molar-refractivity contribution in [1.82, 2.24) is 10.6 Å². The van der Waals surface area contributed by atoms with E-state index >= 15 is 0 Å². The van der Waals surface area contributed by atoms with E-state index in [0.717, 1.165) is 34.0 Å². The van der Waals surface area contributed by atoms with Gasteiger partial charge in [0.25, 0.3) is 0 Å². The average molecular weight is 678 g/mol. The molecule has 1 saturated carbocycles. The Morgan fingerprint density at radius 2 is 1.79 bits per heavy atom. The minimum atomic E-state index is -3.72. The van der Waals surface area contributed by atoms with Gasteiger partial charge in [-0.05, 0) is 91.0 Å². The number of hydrogen-bond acceptors (Lipinski definition) is 6. The van der Waals surface area contributed by atoms with Gasteiger partial charge in [0, 0.05) is 16.5 Å². The lowest BCUT2D eigenvalue weighted by molar-refractivity contribution is -0.136. The van der Waals surface area contributed by atoms with Crippen LogP contribution in [-0.2, 0) is 23.8 Å². The highest BCUT2D eigenvalue weighted by Crippen LogP contribution is 2.60. The van der Waals surface area contributed by atoms with E-state index in [-0.39, 0.29) is 41.3 Å². The second-order valence-corrected chi connectivity index (χ2v) is 15.5. The number of thiocarbonyl (C=S) groups is 1. The van der Waals surface area contributed by atoms with Gasteiger partial charge in [0.2, 0.25) is 5.91 Å². The van der Waals surface area contributed by atoms with Gasteiger partial charge < -0.3 is 19.7 Å². The van der Waals surface area contributed by atoms with E-state index < -0.39 is 18.8 Å². The maximum atomic E-state index is 14.1. The fourth-order valence-corrected chi connectivity index (χ4v) is 9.46. The zero-order chi connectivity index (χ0) is 30.9. The molecule has 42 heavy (non-hydrogen) atoms. The Labute approximate surface area is 263 Å². The Hall–Kier alpha value is -1.90. The molecule has 2 aliphatic carbocycles. The SMILES string of the molecule is CCOP(=O)(OCC)C(NC(=S)NC(=O)[C@]1(C)CCC[C@]2(C)c3ccc(C(C)C)cc3C(=O)C[C@@H]12)c1cccc(Br)c1. The fourth-order valence-electron chi connectivity index (χ4n) is 6.84. The predicted octanol–water partition coefficient (Wildman–Crippen LogP) is 8.18. The number of halogens is 1. The molecule has 0 heterocycles. The van der Waals surface area contributed by atoms with Crippen molar-refractivity contribution in [1.29, 1.82) is 0 Å². The van der Waals surface area contributed by atoms with E-state index in [9.17, 15) is 14.2 Å². The summed E-state index contributed by atoms with van der Waals surface area (Å²) < 4.78 is 26.0. The third-order valence-corrected chi connectivity index (χ3v) is 12.1. The number of benzene rings is 2. The molecule has 0 saturated heterocycles. The lowest BCUT2D eigenvalue weighted by atomic mass is 9.49. The summed E-state index contributed by atoms with van der Waals surface area (Å²) in [6, 6.07) is 13.6. The Morgan fingerprint density at radius 1 is 1.10 bits per heavy atom. The number of carbonyl (C=O) groups excluding carboxylic acids is 2. The number of hydrogen-bond donors (Lipinski definition) is 2. The molecule has 4 rings (SSSR count). The van der Waals surface area contributed by atoms with Crippen LogP contribution in [0.25, 0.3) is 0 Å². The minimum Gasteiger partial charge on any atom is -0.345 e. The van der Waals surface area contributed by atoms with Gasteiger partial charge in [-0.1, -0.05) is 74.3 Å². The van der Waals surface area contributed by atoms with Gasteiger partial charge in [-0.25, -0.2) is 0 Å². The molecule has 2 aromatic carbocycles. The molecule has 1 fully saturated rings. The normalized spacial score (nSPS) is 24.5. The standard InChI is InChI=1S/C32H42BrN2O5PS/c1-7-39-41(38,40-8-2)28(22-11-9-12-23(33)17-22)34-30(42)35-29(37)32(6)16-10-15-31(5)25-14-13-21(20(3)4)18-24(25)26(36)19-27(31)32/h9,11-14,17-18,20,27-28H,7-8,10,15-16,19H2,1-6H3,(H2,34,35,37,42)/t27-,28?,31-,32-/m1/s1. The molecule has 2 aromatic rings. The molecule has 1 unspecified atom stereocenters. The Balaban J connectivity index is 1.62. The highest BCUT2D eigenvalue weighted by Gasteiger charge is 2.57. The van der Waals surface area contributed by atoms with Crippen LogP contribution in [0.5, 0.6) is 0 Å². The van der Waals surface area contributed by atoms with E-state index in [1.165, 1.54) is 0 Å². The van der Waals surface area contributed by atoms with Crippen molar-refractivity contribution in [3.05, 3.63) is 69.2 Å². The van der Waals surface area contributed by atoms with Crippen molar-refractivity contribution in [2.45, 2.75) is 84.3 Å². The molecule has 4 atom stereocenters. The molecule has 1 amide bonds. The number of Topliss-reactive ketones (excluding diaryl/α,β-unsaturated/α-hetero) is 1. The third kappa shape index (κ3) is 6.32. The van der Waals surface area contributed by atoms with Gasteiger partial charge >= 0.3 is 7.60 Å². The van der Waals surface area contributed by atoms with E-state index in [0.29, 0.717) is 24.3 Å². The molecule has 10 heteroatoms. The summed E-state index contributed by atoms with van der Waals surface area (Å²) in [6.07, 6.45) is 2.70. The van der Waals surface area contributed by atoms with Crippen LogP contribution >= 0.6 is 35.7 Å². The van der Waals surface area contributed by atoms with Crippen molar-refractivity contribution in [3.63, 3.8) is 0 Å². The smallest absolute Gasteiger partial charge is 0.345 e. The third-order valence-electron chi connectivity index (χ3n) is 9.06. The van der Waals surface area contributed by atoms with Crippen LogP contribution in [0.15, 0.2) is 46.9 Å². The van der Waals surface area contributed by atoms with Crippen molar-refractivity contribution in [2.24, 2.45) is 11.3 Å². The van der Waals surface area contributed by atoms with Crippen LogP contribution in [0.1, 0.15) is 106 Å². The van der Waals surface area contributed by atoms with Gasteiger partial charge in [0.15, 0.2) is 16.7 Å². The number of nitrogens with one attached hydrogen (secondary N) is 2. The molecule has 2 N–H and O–H groups in total. The van der Waals surface area contributed by atoms with Crippen molar-refractivity contribution in [3.8, 4) is 0 Å². The number of amides is 1. The lowest BCUT2D eigenvalue weighted by Crippen LogP contribution is -2.57. The molecular weight excluding hydrogens is 635 g/mol. The summed E-state index contributed by atoms with van der Waals surface area (Å²) >= 11 is 9.12. The highest BCUT2D eigenvalue weighted by atomic mass is 79.9. The predicted molar refractivity (Wildman–Crippen MR) is 174 cm³/mol. The second-order valence-electron chi connectivity index (χ2n) is 12.1. The zero-order valence-electron chi connectivity index (χ0n) is 25.3. The fraction of sp³-hybridized carbons (Fsp3) is 0.531. The molecule has 0 spiro atoms. The maximum absolute atomic E-state index is 14.1. The summed E-state index contributed by atoms with van der Waals surface area (Å²) in [6.45, 7) is 12.2. The Bertz CT molecular complexity index is 1410. The van der Waals surface area contributed by atoms with Gasteiger partial charge in [-0.2, -0.15) is 0 Å². The van der Waals surface area contributed by atoms with Crippen LogP contribution in [0, 0.1) is 11.3 Å². The van der Waals surface area contributed by atoms with Gasteiger partial charge in [-0.3, -0.25) is 14.2 Å². The van der Waals surface area contributed by atoms with Crippen molar-refractivity contribution < 1.29 is 23.2 Å². The molecule has 0 radical (unpaired) electrons. The van der Waals surface area contributed by atoms with Crippen molar-refractivity contribution in [2.75, 3.05) is 13.2 Å². The first-order valence-corrected chi connectivity index (χ1v) is 17.5. The second kappa shape index (κ2) is 13.0. The van der Waals surface area contributed by atoms with E-state index in [1.54, 1.807) is 19.9 Å². The number of carbonyl (C=O) groups is 2. The summed E-state index contributed by atoms with van der Waals surface area (Å²) in [5, 5.41) is 6.01. The lowest BCUT2D eigenvalue weighted by Gasteiger charge is -2.54. The van der Waals surface area contributed by atoms with Gasteiger partial charge in [-0.15, -0.1) is 0 Å². The van der Waals surface area contributed by atoms with Gasteiger partial charge in [0.05, 0.1) is 18.6 Å². The summed E-state index contributed by atoms with van der Waals surface area (Å²) in [5.41, 5.74) is 2.46. The minimum absolute atomic E-state index is 0.0298. The molecule has 2 aliphatic rings. The molecule has 0 bridgehead atoms. The molecule has 7 nitrogen and oxygen atoms in total. The molecule has 0 aromatic heterocycles. The average Bonchev–Trinajstić information content (AvgIpc) is 2.93. The van der Waals surface area contributed by atoms with Crippen LogP contribution in [0.3, 0.4) is 0 Å². The van der Waals surface area contributed by atoms with Crippen LogP contribution < -0.4 is 10.6 Å². The molecular formula is C32H42BrN2O5PS. The van der Waals surface area contributed by atoms with Crippen LogP contribution in [0.2, 0.25) is 0 Å². The summed E-state index contributed by atoms with van der Waals surface area (Å²) in [5.74, 6) is -0.968. The van der Waals surface area contributed by atoms with E-state index in [2.05, 4.69) is 59.5 Å². The van der Waals surface area contributed by atoms with E-state index in [4.69, 9.17) is 21.3 Å².